The van der Waals surface area contributed by atoms with Crippen LogP contribution in [0.1, 0.15) is 10.4 Å². The van der Waals surface area contributed by atoms with Crippen LogP contribution in [-0.2, 0) is 4.74 Å². The summed E-state index contributed by atoms with van der Waals surface area (Å²) < 4.78 is 5.49. The molecule has 4 heteroatoms. The van der Waals surface area contributed by atoms with Gasteiger partial charge in [0.25, 0.3) is 0 Å². The second kappa shape index (κ2) is 5.10. The van der Waals surface area contributed by atoms with Crippen molar-refractivity contribution in [3.63, 3.8) is 0 Å². The van der Waals surface area contributed by atoms with Gasteiger partial charge >= 0.3 is 5.97 Å². The third-order valence-corrected chi connectivity index (χ3v) is 2.22. The number of ether oxygens (including phenoxy) is 1. The Kier molecular flexibility index (Phi) is 4.84. The first-order chi connectivity index (χ1) is 5.25. The van der Waals surface area contributed by atoms with E-state index >= 15 is 0 Å². The van der Waals surface area contributed by atoms with E-state index in [1.54, 1.807) is 6.07 Å². The van der Waals surface area contributed by atoms with Crippen LogP contribution in [0.15, 0.2) is 24.3 Å². The minimum absolute atomic E-state index is 0. The van der Waals surface area contributed by atoms with Crippen LogP contribution in [0.4, 0.5) is 0 Å². The number of benzene rings is 1. The van der Waals surface area contributed by atoms with Crippen molar-refractivity contribution in [2.24, 2.45) is 0 Å². The zero-order valence-corrected chi connectivity index (χ0v) is 8.87. The smallest absolute Gasteiger partial charge is 0.338 e. The summed E-state index contributed by atoms with van der Waals surface area (Å²) in [6.45, 7) is 0. The van der Waals surface area contributed by atoms with E-state index in [-0.39, 0.29) is 12.1 Å². The first-order valence-electron chi connectivity index (χ1n) is 3.08. The highest BCUT2D eigenvalue weighted by molar-refractivity contribution is 14.1. The number of hydrogen-bond acceptors (Lipinski definition) is 3. The summed E-state index contributed by atoms with van der Waals surface area (Å²) in [6, 6.07) is 7.31. The minimum atomic E-state index is -0.282. The molecule has 0 amide bonds. The van der Waals surface area contributed by atoms with Crippen LogP contribution in [-0.4, -0.2) is 13.1 Å². The summed E-state index contributed by atoms with van der Waals surface area (Å²) in [6.07, 6.45) is 0. The zero-order valence-electron chi connectivity index (χ0n) is 6.71. The maximum Gasteiger partial charge on any atom is 0.338 e. The molecule has 1 rings (SSSR count). The third-order valence-electron chi connectivity index (χ3n) is 1.28. The third kappa shape index (κ3) is 2.46. The predicted octanol–water partition coefficient (Wildman–Crippen LogP) is 2.24. The fourth-order valence-corrected chi connectivity index (χ4v) is 1.34. The Labute approximate surface area is 84.8 Å². The van der Waals surface area contributed by atoms with Gasteiger partial charge in [-0.25, -0.2) is 4.79 Å². The molecule has 0 fully saturated rings. The molecule has 0 unspecified atom stereocenters. The molecule has 0 aliphatic rings. The van der Waals surface area contributed by atoms with Crippen LogP contribution in [0.2, 0.25) is 0 Å². The molecular formula is C8H10INO2. The van der Waals surface area contributed by atoms with Crippen LogP contribution in [0, 0.1) is 3.57 Å². The molecule has 1 aromatic rings. The molecule has 3 N–H and O–H groups in total. The molecule has 3 nitrogen and oxygen atoms in total. The Morgan fingerprint density at radius 3 is 2.50 bits per heavy atom. The highest BCUT2D eigenvalue weighted by atomic mass is 127. The average Bonchev–Trinajstić information content (AvgIpc) is 2.04. The van der Waals surface area contributed by atoms with Crippen molar-refractivity contribution < 1.29 is 9.53 Å². The van der Waals surface area contributed by atoms with Crippen molar-refractivity contribution in [2.75, 3.05) is 7.11 Å². The maximum absolute atomic E-state index is 11.0. The van der Waals surface area contributed by atoms with Crippen LogP contribution < -0.4 is 6.15 Å². The Bertz CT molecular complexity index is 276. The summed E-state index contributed by atoms with van der Waals surface area (Å²) >= 11 is 2.10. The molecule has 12 heavy (non-hydrogen) atoms. The molecule has 0 spiro atoms. The van der Waals surface area contributed by atoms with Gasteiger partial charge in [-0.05, 0) is 34.7 Å². The van der Waals surface area contributed by atoms with Gasteiger partial charge in [0.15, 0.2) is 0 Å². The SMILES string of the molecule is COC(=O)c1ccccc1I.N. The van der Waals surface area contributed by atoms with Gasteiger partial charge in [-0.1, -0.05) is 12.1 Å². The molecular weight excluding hydrogens is 269 g/mol. The molecule has 0 saturated carbocycles. The van der Waals surface area contributed by atoms with E-state index in [4.69, 9.17) is 0 Å². The van der Waals surface area contributed by atoms with Crippen LogP contribution >= 0.6 is 22.6 Å². The van der Waals surface area contributed by atoms with E-state index in [9.17, 15) is 4.79 Å². The van der Waals surface area contributed by atoms with Crippen molar-refractivity contribution >= 4 is 28.6 Å². The standard InChI is InChI=1S/C8H7IO2.H3N/c1-11-8(10)6-4-2-3-5-7(6)9;/h2-5H,1H3;1H3. The van der Waals surface area contributed by atoms with Crippen molar-refractivity contribution in [2.45, 2.75) is 0 Å². The number of halogens is 1. The van der Waals surface area contributed by atoms with Gasteiger partial charge in [0.05, 0.1) is 12.7 Å². The molecule has 0 aliphatic carbocycles. The minimum Gasteiger partial charge on any atom is -0.465 e. The van der Waals surface area contributed by atoms with Gasteiger partial charge < -0.3 is 10.9 Å². The summed E-state index contributed by atoms with van der Waals surface area (Å²) in [4.78, 5) is 11.0. The van der Waals surface area contributed by atoms with Gasteiger partial charge in [0.2, 0.25) is 0 Å². The Morgan fingerprint density at radius 1 is 1.42 bits per heavy atom. The van der Waals surface area contributed by atoms with Crippen molar-refractivity contribution in [3.8, 4) is 0 Å². The van der Waals surface area contributed by atoms with Crippen molar-refractivity contribution in [1.82, 2.24) is 6.15 Å². The molecule has 0 aliphatic heterocycles. The van der Waals surface area contributed by atoms with Crippen LogP contribution in [0.3, 0.4) is 0 Å². The van der Waals surface area contributed by atoms with Crippen LogP contribution in [0.25, 0.3) is 0 Å². The molecule has 0 bridgehead atoms. The summed E-state index contributed by atoms with van der Waals surface area (Å²) in [5.41, 5.74) is 0.621. The quantitative estimate of drug-likeness (QED) is 0.633. The number of hydrogen-bond donors (Lipinski definition) is 1. The average molecular weight is 279 g/mol. The summed E-state index contributed by atoms with van der Waals surface area (Å²) in [7, 11) is 1.38. The van der Waals surface area contributed by atoms with Gasteiger partial charge in [-0.3, -0.25) is 0 Å². The van der Waals surface area contributed by atoms with E-state index in [0.717, 1.165) is 3.57 Å². The van der Waals surface area contributed by atoms with Crippen molar-refractivity contribution in [1.29, 1.82) is 0 Å². The Hall–Kier alpha value is -0.620. The molecule has 0 saturated heterocycles. The topological polar surface area (TPSA) is 61.3 Å². The first kappa shape index (κ1) is 11.4. The second-order valence-corrected chi connectivity index (χ2v) is 3.13. The van der Waals surface area contributed by atoms with E-state index < -0.39 is 0 Å². The van der Waals surface area contributed by atoms with E-state index in [0.29, 0.717) is 5.56 Å². The number of esters is 1. The van der Waals surface area contributed by atoms with Gasteiger partial charge in [-0.15, -0.1) is 0 Å². The fraction of sp³-hybridized carbons (Fsp3) is 0.125. The lowest BCUT2D eigenvalue weighted by molar-refractivity contribution is 0.0599. The number of methoxy groups -OCH3 is 1. The van der Waals surface area contributed by atoms with Gasteiger partial charge in [0.1, 0.15) is 0 Å². The highest BCUT2D eigenvalue weighted by Crippen LogP contribution is 2.11. The van der Waals surface area contributed by atoms with E-state index in [2.05, 4.69) is 27.3 Å². The molecule has 0 heterocycles. The Balaban J connectivity index is 0.00000121. The summed E-state index contributed by atoms with van der Waals surface area (Å²) in [5, 5.41) is 0. The normalized spacial score (nSPS) is 8.50. The predicted molar refractivity (Wildman–Crippen MR) is 55.5 cm³/mol. The molecule has 1 aromatic carbocycles. The second-order valence-electron chi connectivity index (χ2n) is 1.97. The molecule has 0 radical (unpaired) electrons. The number of carbonyl (C=O) groups is 1. The van der Waals surface area contributed by atoms with Crippen molar-refractivity contribution in [3.05, 3.63) is 33.4 Å². The maximum atomic E-state index is 11.0. The number of rotatable bonds is 1. The van der Waals surface area contributed by atoms with E-state index in [1.165, 1.54) is 7.11 Å². The van der Waals surface area contributed by atoms with Gasteiger partial charge in [0, 0.05) is 3.57 Å². The molecule has 0 atom stereocenters. The lowest BCUT2D eigenvalue weighted by Crippen LogP contribution is -2.02. The monoisotopic (exact) mass is 279 g/mol. The lowest BCUT2D eigenvalue weighted by Gasteiger charge is -1.99. The van der Waals surface area contributed by atoms with Gasteiger partial charge in [-0.2, -0.15) is 0 Å². The molecule has 0 aromatic heterocycles. The Morgan fingerprint density at radius 2 is 2.00 bits per heavy atom. The fourth-order valence-electron chi connectivity index (χ4n) is 0.737. The summed E-state index contributed by atoms with van der Waals surface area (Å²) in [5.74, 6) is -0.282. The van der Waals surface area contributed by atoms with Crippen LogP contribution in [0.5, 0.6) is 0 Å². The largest absolute Gasteiger partial charge is 0.465 e. The zero-order chi connectivity index (χ0) is 8.27. The number of carbonyl (C=O) groups excluding carboxylic acids is 1. The van der Waals surface area contributed by atoms with E-state index in [1.807, 2.05) is 18.2 Å². The lowest BCUT2D eigenvalue weighted by atomic mass is 10.2. The molecule has 66 valence electrons. The highest BCUT2D eigenvalue weighted by Gasteiger charge is 2.07. The first-order valence-corrected chi connectivity index (χ1v) is 4.16.